The molecule has 1 aliphatic heterocycles. The molecule has 21 heavy (non-hydrogen) atoms. The van der Waals surface area contributed by atoms with Crippen molar-refractivity contribution in [3.8, 4) is 0 Å². The summed E-state index contributed by atoms with van der Waals surface area (Å²) in [5.74, 6) is 0. The minimum atomic E-state index is -0.310. The van der Waals surface area contributed by atoms with Gasteiger partial charge in [0.05, 0.1) is 16.6 Å². The second-order valence-electron chi connectivity index (χ2n) is 4.91. The number of cyclic esters (lactones) is 1. The molecule has 108 valence electrons. The van der Waals surface area contributed by atoms with E-state index in [1.165, 1.54) is 0 Å². The van der Waals surface area contributed by atoms with Gasteiger partial charge in [-0.05, 0) is 23.3 Å². The highest BCUT2D eigenvalue weighted by atomic mass is 35.5. The maximum Gasteiger partial charge on any atom is 0.410 e. The van der Waals surface area contributed by atoms with Gasteiger partial charge in [-0.3, -0.25) is 4.90 Å². The van der Waals surface area contributed by atoms with Crippen LogP contribution in [0.3, 0.4) is 0 Å². The van der Waals surface area contributed by atoms with Crippen LogP contribution >= 0.6 is 23.2 Å². The molecule has 0 aromatic heterocycles. The molecule has 3 rings (SSSR count). The van der Waals surface area contributed by atoms with E-state index in [0.717, 1.165) is 11.1 Å². The number of rotatable bonds is 3. The third-order valence-electron chi connectivity index (χ3n) is 3.42. The Bertz CT molecular complexity index is 661. The second-order valence-corrected chi connectivity index (χ2v) is 5.73. The lowest BCUT2D eigenvalue weighted by molar-refractivity contribution is 0.132. The minimum Gasteiger partial charge on any atom is -0.439 e. The topological polar surface area (TPSA) is 29.5 Å². The van der Waals surface area contributed by atoms with Gasteiger partial charge in [-0.1, -0.05) is 59.6 Å². The largest absolute Gasteiger partial charge is 0.439 e. The van der Waals surface area contributed by atoms with Crippen molar-refractivity contribution >= 4 is 29.3 Å². The minimum absolute atomic E-state index is 0.221. The zero-order chi connectivity index (χ0) is 14.8. The average molecular weight is 322 g/mol. The summed E-state index contributed by atoms with van der Waals surface area (Å²) in [4.78, 5) is 13.6. The van der Waals surface area contributed by atoms with E-state index in [-0.39, 0.29) is 12.2 Å². The predicted molar refractivity (Wildman–Crippen MR) is 82.5 cm³/mol. The summed E-state index contributed by atoms with van der Waals surface area (Å²) in [6.45, 7) is 0.988. The molecule has 2 aromatic carbocycles. The number of benzene rings is 2. The molecule has 1 fully saturated rings. The number of halogens is 2. The lowest BCUT2D eigenvalue weighted by atomic mass is 10.1. The average Bonchev–Trinajstić information content (AvgIpc) is 2.85. The van der Waals surface area contributed by atoms with Gasteiger partial charge in [0.1, 0.15) is 6.10 Å². The quantitative estimate of drug-likeness (QED) is 0.821. The Morgan fingerprint density at radius 3 is 2.57 bits per heavy atom. The van der Waals surface area contributed by atoms with Crippen molar-refractivity contribution in [1.82, 2.24) is 4.90 Å². The van der Waals surface area contributed by atoms with Crippen LogP contribution in [0.5, 0.6) is 0 Å². The summed E-state index contributed by atoms with van der Waals surface area (Å²) in [6.07, 6.45) is -0.531. The fourth-order valence-electron chi connectivity index (χ4n) is 2.34. The van der Waals surface area contributed by atoms with Gasteiger partial charge >= 0.3 is 6.09 Å². The molecule has 0 saturated carbocycles. The van der Waals surface area contributed by atoms with Gasteiger partial charge in [0.25, 0.3) is 0 Å². The lowest BCUT2D eigenvalue weighted by Gasteiger charge is -2.13. The Labute approximate surface area is 133 Å². The summed E-state index contributed by atoms with van der Waals surface area (Å²) >= 11 is 11.9. The summed E-state index contributed by atoms with van der Waals surface area (Å²) < 4.78 is 5.41. The summed E-state index contributed by atoms with van der Waals surface area (Å²) in [6, 6.07) is 15.1. The summed E-state index contributed by atoms with van der Waals surface area (Å²) in [5.41, 5.74) is 1.93. The first-order chi connectivity index (χ1) is 10.1. The number of nitrogens with zero attached hydrogens (tertiary/aromatic N) is 1. The summed E-state index contributed by atoms with van der Waals surface area (Å²) in [7, 11) is 0. The highest BCUT2D eigenvalue weighted by molar-refractivity contribution is 6.42. The number of carbonyl (C=O) groups excluding carboxylic acids is 1. The Morgan fingerprint density at radius 2 is 1.86 bits per heavy atom. The maximum absolute atomic E-state index is 12.0. The highest BCUT2D eigenvalue weighted by Crippen LogP contribution is 2.28. The maximum atomic E-state index is 12.0. The van der Waals surface area contributed by atoms with Gasteiger partial charge in [0.2, 0.25) is 0 Å². The molecule has 0 unspecified atom stereocenters. The van der Waals surface area contributed by atoms with Gasteiger partial charge in [-0.2, -0.15) is 0 Å². The van der Waals surface area contributed by atoms with Crippen LogP contribution in [0.15, 0.2) is 48.5 Å². The van der Waals surface area contributed by atoms with E-state index in [2.05, 4.69) is 0 Å². The van der Waals surface area contributed by atoms with Crippen molar-refractivity contribution in [2.24, 2.45) is 0 Å². The zero-order valence-corrected chi connectivity index (χ0v) is 12.6. The number of hydrogen-bond donors (Lipinski definition) is 0. The van der Waals surface area contributed by atoms with Crippen LogP contribution in [0.4, 0.5) is 4.79 Å². The summed E-state index contributed by atoms with van der Waals surface area (Å²) in [5, 5.41) is 0.993. The normalized spacial score (nSPS) is 17.9. The Balaban J connectivity index is 1.72. The molecule has 1 saturated heterocycles. The van der Waals surface area contributed by atoms with Crippen molar-refractivity contribution in [2.75, 3.05) is 6.54 Å². The molecule has 0 spiro atoms. The zero-order valence-electron chi connectivity index (χ0n) is 11.1. The van der Waals surface area contributed by atoms with E-state index in [1.54, 1.807) is 17.0 Å². The first-order valence-corrected chi connectivity index (χ1v) is 7.33. The van der Waals surface area contributed by atoms with E-state index in [9.17, 15) is 4.79 Å². The molecule has 1 amide bonds. The lowest BCUT2D eigenvalue weighted by Crippen LogP contribution is -2.23. The molecule has 2 aromatic rings. The van der Waals surface area contributed by atoms with E-state index in [4.69, 9.17) is 27.9 Å². The monoisotopic (exact) mass is 321 g/mol. The smallest absolute Gasteiger partial charge is 0.410 e. The Hall–Kier alpha value is -1.71. The predicted octanol–water partition coefficient (Wildman–Crippen LogP) is 4.69. The Kier molecular flexibility index (Phi) is 4.04. The van der Waals surface area contributed by atoms with Gasteiger partial charge in [0.15, 0.2) is 0 Å². The third kappa shape index (κ3) is 3.14. The van der Waals surface area contributed by atoms with Crippen LogP contribution in [0.25, 0.3) is 0 Å². The molecule has 1 aliphatic rings. The van der Waals surface area contributed by atoms with Crippen LogP contribution < -0.4 is 0 Å². The van der Waals surface area contributed by atoms with Crippen LogP contribution in [-0.4, -0.2) is 17.5 Å². The van der Waals surface area contributed by atoms with Crippen LogP contribution in [0, 0.1) is 0 Å². The van der Waals surface area contributed by atoms with Crippen molar-refractivity contribution in [3.63, 3.8) is 0 Å². The molecule has 0 radical (unpaired) electrons. The van der Waals surface area contributed by atoms with E-state index >= 15 is 0 Å². The fraction of sp³-hybridized carbons (Fsp3) is 0.188. The first kappa shape index (κ1) is 14.2. The molecule has 0 N–H and O–H groups in total. The number of ether oxygens (including phenoxy) is 1. The molecule has 0 aliphatic carbocycles. The van der Waals surface area contributed by atoms with Gasteiger partial charge in [-0.15, -0.1) is 0 Å². The van der Waals surface area contributed by atoms with E-state index < -0.39 is 0 Å². The molecular weight excluding hydrogens is 309 g/mol. The van der Waals surface area contributed by atoms with E-state index in [0.29, 0.717) is 23.1 Å². The van der Waals surface area contributed by atoms with Crippen molar-refractivity contribution in [2.45, 2.75) is 12.6 Å². The van der Waals surface area contributed by atoms with Crippen LogP contribution in [0.1, 0.15) is 17.2 Å². The molecule has 1 atom stereocenters. The molecule has 5 heteroatoms. The number of amides is 1. The first-order valence-electron chi connectivity index (χ1n) is 6.58. The molecule has 1 heterocycles. The van der Waals surface area contributed by atoms with Crippen LogP contribution in [-0.2, 0) is 11.3 Å². The molecule has 0 bridgehead atoms. The molecule has 3 nitrogen and oxygen atoms in total. The van der Waals surface area contributed by atoms with Gasteiger partial charge < -0.3 is 4.74 Å². The fourth-order valence-corrected chi connectivity index (χ4v) is 2.66. The number of carbonyl (C=O) groups is 1. The van der Waals surface area contributed by atoms with Crippen molar-refractivity contribution < 1.29 is 9.53 Å². The number of hydrogen-bond acceptors (Lipinski definition) is 2. The van der Waals surface area contributed by atoms with Crippen LogP contribution in [0.2, 0.25) is 10.0 Å². The highest BCUT2D eigenvalue weighted by Gasteiger charge is 2.32. The third-order valence-corrected chi connectivity index (χ3v) is 4.16. The second kappa shape index (κ2) is 5.96. The van der Waals surface area contributed by atoms with Gasteiger partial charge in [-0.25, -0.2) is 4.79 Å². The standard InChI is InChI=1S/C16H13Cl2NO2/c17-13-7-6-11(8-14(13)18)9-19-10-15(21-16(19)20)12-4-2-1-3-5-12/h1-8,15H,9-10H2/t15-/m0/s1. The Morgan fingerprint density at radius 1 is 1.10 bits per heavy atom. The SMILES string of the molecule is O=C1O[C@H](c2ccccc2)CN1Cc1ccc(Cl)c(Cl)c1. The van der Waals surface area contributed by atoms with Crippen molar-refractivity contribution in [1.29, 1.82) is 0 Å². The van der Waals surface area contributed by atoms with Gasteiger partial charge in [0, 0.05) is 6.54 Å². The van der Waals surface area contributed by atoms with E-state index in [1.807, 2.05) is 36.4 Å². The molecular formula is C16H13Cl2NO2. The van der Waals surface area contributed by atoms with Crippen molar-refractivity contribution in [3.05, 3.63) is 69.7 Å².